The first-order valence-corrected chi connectivity index (χ1v) is 18.5. The molecule has 228 valence electrons. The maximum atomic E-state index is 4.77. The van der Waals surface area contributed by atoms with E-state index in [9.17, 15) is 0 Å². The Bertz CT molecular complexity index is 2700. The Morgan fingerprint density at radius 2 is 1.42 bits per heavy atom. The van der Waals surface area contributed by atoms with E-state index < -0.39 is 0 Å². The van der Waals surface area contributed by atoms with Crippen molar-refractivity contribution in [2.75, 3.05) is 0 Å². The average molecular weight is 649 g/mol. The quantitative estimate of drug-likeness (QED) is 0.183. The van der Waals surface area contributed by atoms with Crippen LogP contribution in [0.5, 0.6) is 0 Å². The standard InChI is InChI=1S/C46H32S2/c1-3-28-14-4-5-15-29(28)27(2)42-31-17-6-8-19-33(31)43(34-20-9-7-18-32(34)42)39-26-38-35(44-37-21-11-13-23-41(37)48-46(39)44)24-25-36-30-16-10-12-22-40(30)47-45(36)38/h3-6,8,10-26,44,46H,1-2,7,9H2. The van der Waals surface area contributed by atoms with Gasteiger partial charge in [-0.2, -0.15) is 0 Å². The van der Waals surface area contributed by atoms with Crippen LogP contribution in [0.1, 0.15) is 57.7 Å². The van der Waals surface area contributed by atoms with Crippen LogP contribution in [-0.4, -0.2) is 5.25 Å². The fourth-order valence-corrected chi connectivity index (χ4v) is 11.3. The van der Waals surface area contributed by atoms with Gasteiger partial charge in [-0.3, -0.25) is 0 Å². The lowest BCUT2D eigenvalue weighted by Gasteiger charge is -2.31. The highest BCUT2D eigenvalue weighted by molar-refractivity contribution is 8.00. The van der Waals surface area contributed by atoms with Crippen molar-refractivity contribution in [3.05, 3.63) is 172 Å². The Morgan fingerprint density at radius 3 is 2.29 bits per heavy atom. The molecule has 0 radical (unpaired) electrons. The molecule has 0 N–H and O–H groups in total. The van der Waals surface area contributed by atoms with E-state index in [0.29, 0.717) is 11.2 Å². The average Bonchev–Trinajstić information content (AvgIpc) is 3.73. The van der Waals surface area contributed by atoms with Gasteiger partial charge in [0.1, 0.15) is 0 Å². The molecule has 1 aromatic heterocycles. The first-order valence-electron chi connectivity index (χ1n) is 16.8. The monoisotopic (exact) mass is 648 g/mol. The highest BCUT2D eigenvalue weighted by atomic mass is 32.2. The van der Waals surface area contributed by atoms with Crippen molar-refractivity contribution < 1.29 is 0 Å². The number of fused-ring (bicyclic) bond motifs is 11. The molecule has 0 fully saturated rings. The van der Waals surface area contributed by atoms with Crippen LogP contribution in [0, 0.1) is 0 Å². The summed E-state index contributed by atoms with van der Waals surface area (Å²) in [5.74, 6) is 0.298. The second-order valence-electron chi connectivity index (χ2n) is 13.1. The molecular formula is C46H32S2. The highest BCUT2D eigenvalue weighted by Crippen LogP contribution is 2.58. The lowest BCUT2D eigenvalue weighted by atomic mass is 9.75. The summed E-state index contributed by atoms with van der Waals surface area (Å²) in [6.45, 7) is 8.90. The highest BCUT2D eigenvalue weighted by Gasteiger charge is 2.42. The molecule has 0 saturated carbocycles. The van der Waals surface area contributed by atoms with E-state index in [0.717, 1.165) is 29.5 Å². The molecule has 6 aromatic carbocycles. The largest absolute Gasteiger partial charge is 0.135 e. The molecule has 0 saturated heterocycles. The molecule has 3 aliphatic rings. The van der Waals surface area contributed by atoms with Gasteiger partial charge in [0.15, 0.2) is 0 Å². The fraction of sp³-hybridized carbons (Fsp3) is 0.0870. The minimum atomic E-state index is 0.292. The first-order chi connectivity index (χ1) is 23.7. The number of hydrogen-bond donors (Lipinski definition) is 0. The van der Waals surface area contributed by atoms with Crippen LogP contribution in [0.4, 0.5) is 0 Å². The Hall–Kier alpha value is -4.89. The van der Waals surface area contributed by atoms with Gasteiger partial charge in [-0.25, -0.2) is 0 Å². The van der Waals surface area contributed by atoms with E-state index in [2.05, 4.69) is 146 Å². The van der Waals surface area contributed by atoms with Gasteiger partial charge in [-0.05, 0) is 102 Å². The lowest BCUT2D eigenvalue weighted by Crippen LogP contribution is -2.36. The maximum absolute atomic E-state index is 4.77. The van der Waals surface area contributed by atoms with E-state index in [4.69, 9.17) is 6.58 Å². The third kappa shape index (κ3) is 3.97. The van der Waals surface area contributed by atoms with E-state index in [1.807, 2.05) is 17.4 Å². The molecule has 2 aliphatic carbocycles. The predicted molar refractivity (Wildman–Crippen MR) is 211 cm³/mol. The zero-order chi connectivity index (χ0) is 31.9. The van der Waals surface area contributed by atoms with Crippen LogP contribution in [0.25, 0.3) is 66.4 Å². The minimum absolute atomic E-state index is 0.292. The molecule has 0 amide bonds. The summed E-state index contributed by atoms with van der Waals surface area (Å²) in [5.41, 5.74) is 11.7. The summed E-state index contributed by atoms with van der Waals surface area (Å²) in [6, 6.07) is 40.4. The first kappa shape index (κ1) is 28.2. The van der Waals surface area contributed by atoms with E-state index in [1.54, 1.807) is 0 Å². The molecule has 2 heteroatoms. The van der Waals surface area contributed by atoms with Gasteiger partial charge in [0, 0.05) is 36.2 Å². The van der Waals surface area contributed by atoms with Gasteiger partial charge in [0.05, 0.1) is 0 Å². The Labute approximate surface area is 288 Å². The SMILES string of the molecule is C=Cc1ccccc1C(=C)c1c2c(c(C3=Cc4c(ccc5c4sc4ccccc45)C4c5ccccc5SC34)c3ccccc13)=CCCC=2. The zero-order valence-electron chi connectivity index (χ0n) is 26.5. The van der Waals surface area contributed by atoms with Crippen molar-refractivity contribution in [2.24, 2.45) is 0 Å². The molecule has 1 aliphatic heterocycles. The number of thiophene rings is 1. The number of rotatable bonds is 4. The minimum Gasteiger partial charge on any atom is -0.135 e. The van der Waals surface area contributed by atoms with Crippen LogP contribution in [-0.2, 0) is 0 Å². The summed E-state index contributed by atoms with van der Waals surface area (Å²) in [4.78, 5) is 1.41. The van der Waals surface area contributed by atoms with E-state index in [-0.39, 0.29) is 0 Å². The Kier molecular flexibility index (Phi) is 6.34. The van der Waals surface area contributed by atoms with Crippen LogP contribution in [0.2, 0.25) is 0 Å². The second kappa shape index (κ2) is 10.8. The third-order valence-corrected chi connectivity index (χ3v) is 13.3. The molecule has 0 spiro atoms. The molecule has 10 rings (SSSR count). The molecule has 0 bridgehead atoms. The van der Waals surface area contributed by atoms with E-state index in [1.165, 1.54) is 79.7 Å². The van der Waals surface area contributed by atoms with Gasteiger partial charge in [0.2, 0.25) is 0 Å². The summed E-state index contributed by atoms with van der Waals surface area (Å²) >= 11 is 3.99. The maximum Gasteiger partial charge on any atom is 0.0461 e. The van der Waals surface area contributed by atoms with Crippen molar-refractivity contribution in [2.45, 2.75) is 28.9 Å². The normalized spacial score (nSPS) is 17.5. The van der Waals surface area contributed by atoms with Crippen molar-refractivity contribution in [3.8, 4) is 0 Å². The van der Waals surface area contributed by atoms with Gasteiger partial charge in [0.25, 0.3) is 0 Å². The molecule has 0 nitrogen and oxygen atoms in total. The van der Waals surface area contributed by atoms with Gasteiger partial charge in [-0.1, -0.05) is 128 Å². The fourth-order valence-electron chi connectivity index (χ4n) is 8.56. The number of hydrogen-bond acceptors (Lipinski definition) is 2. The Morgan fingerprint density at radius 1 is 0.688 bits per heavy atom. The summed E-state index contributed by atoms with van der Waals surface area (Å²) in [7, 11) is 0. The molecule has 2 heterocycles. The molecule has 2 atom stereocenters. The molecule has 48 heavy (non-hydrogen) atoms. The molecular weight excluding hydrogens is 617 g/mol. The molecule has 2 unspecified atom stereocenters. The summed E-state index contributed by atoms with van der Waals surface area (Å²) < 4.78 is 2.76. The van der Waals surface area contributed by atoms with E-state index >= 15 is 0 Å². The zero-order valence-corrected chi connectivity index (χ0v) is 28.1. The Balaban J connectivity index is 1.31. The van der Waals surface area contributed by atoms with Crippen molar-refractivity contribution in [1.29, 1.82) is 0 Å². The summed E-state index contributed by atoms with van der Waals surface area (Å²) in [6.07, 6.45) is 11.6. The van der Waals surface area contributed by atoms with Crippen molar-refractivity contribution >= 4 is 89.5 Å². The third-order valence-electron chi connectivity index (χ3n) is 10.6. The lowest BCUT2D eigenvalue weighted by molar-refractivity contribution is 0.857. The van der Waals surface area contributed by atoms with Crippen LogP contribution < -0.4 is 10.4 Å². The van der Waals surface area contributed by atoms with Crippen LogP contribution in [0.3, 0.4) is 0 Å². The summed E-state index contributed by atoms with van der Waals surface area (Å²) in [5, 5.41) is 8.27. The van der Waals surface area contributed by atoms with Crippen molar-refractivity contribution in [3.63, 3.8) is 0 Å². The number of thioether (sulfide) groups is 1. The van der Waals surface area contributed by atoms with Gasteiger partial charge >= 0.3 is 0 Å². The van der Waals surface area contributed by atoms with Crippen molar-refractivity contribution in [1.82, 2.24) is 0 Å². The number of benzene rings is 6. The topological polar surface area (TPSA) is 0 Å². The molecule has 7 aromatic rings. The van der Waals surface area contributed by atoms with Crippen LogP contribution in [0.15, 0.2) is 127 Å². The predicted octanol–water partition coefficient (Wildman–Crippen LogP) is 11.4. The van der Waals surface area contributed by atoms with Gasteiger partial charge < -0.3 is 0 Å². The van der Waals surface area contributed by atoms with Gasteiger partial charge in [-0.15, -0.1) is 23.1 Å². The second-order valence-corrected chi connectivity index (χ2v) is 15.3. The smallest absolute Gasteiger partial charge is 0.0461 e. The van der Waals surface area contributed by atoms with Crippen LogP contribution >= 0.6 is 23.1 Å².